The first-order chi connectivity index (χ1) is 9.72. The van der Waals surface area contributed by atoms with E-state index >= 15 is 0 Å². The summed E-state index contributed by atoms with van der Waals surface area (Å²) < 4.78 is 7.06. The van der Waals surface area contributed by atoms with Crippen molar-refractivity contribution >= 4 is 21.8 Å². The highest BCUT2D eigenvalue weighted by molar-refractivity contribution is 9.10. The average molecular weight is 338 g/mol. The van der Waals surface area contributed by atoms with Gasteiger partial charge in [0.2, 0.25) is 5.91 Å². The molecule has 3 nitrogen and oxygen atoms in total. The lowest BCUT2D eigenvalue weighted by molar-refractivity contribution is -0.137. The number of carbonyl (C=O) groups is 1. The van der Waals surface area contributed by atoms with Crippen molar-refractivity contribution in [2.24, 2.45) is 5.92 Å². The lowest BCUT2D eigenvalue weighted by atomic mass is 10.1. The number of hydrogen-bond acceptors (Lipinski definition) is 2. The Hall–Kier alpha value is -0.870. The average Bonchev–Trinajstić information content (AvgIpc) is 3.31. The smallest absolute Gasteiger partial charge is 0.225 e. The van der Waals surface area contributed by atoms with Crippen molar-refractivity contribution in [2.75, 3.05) is 13.1 Å². The van der Waals surface area contributed by atoms with Crippen molar-refractivity contribution in [3.63, 3.8) is 0 Å². The molecule has 2 aliphatic rings. The second-order valence-electron chi connectivity index (χ2n) is 5.76. The number of nitrogens with zero attached hydrogens (tertiary/aromatic N) is 1. The quantitative estimate of drug-likeness (QED) is 0.842. The van der Waals surface area contributed by atoms with E-state index in [4.69, 9.17) is 4.74 Å². The number of halogens is 1. The van der Waals surface area contributed by atoms with Crippen molar-refractivity contribution in [2.45, 2.75) is 38.4 Å². The van der Waals surface area contributed by atoms with E-state index in [2.05, 4.69) is 28.1 Å². The third-order valence-electron chi connectivity index (χ3n) is 4.02. The summed E-state index contributed by atoms with van der Waals surface area (Å²) in [7, 11) is 0. The molecule has 0 aromatic heterocycles. The van der Waals surface area contributed by atoms with Crippen molar-refractivity contribution < 1.29 is 9.53 Å². The number of likely N-dealkylation sites (tertiary alicyclic amines) is 1. The summed E-state index contributed by atoms with van der Waals surface area (Å²) in [6.07, 6.45) is 4.48. The van der Waals surface area contributed by atoms with Crippen molar-refractivity contribution in [3.8, 4) is 0 Å². The van der Waals surface area contributed by atoms with Gasteiger partial charge in [0.1, 0.15) is 0 Å². The molecule has 1 aromatic carbocycles. The van der Waals surface area contributed by atoms with Crippen molar-refractivity contribution in [1.29, 1.82) is 0 Å². The molecule has 1 saturated heterocycles. The van der Waals surface area contributed by atoms with Crippen LogP contribution in [0.15, 0.2) is 28.7 Å². The highest BCUT2D eigenvalue weighted by Gasteiger charge is 2.35. The monoisotopic (exact) mass is 337 g/mol. The molecular formula is C16H20BrNO2. The van der Waals surface area contributed by atoms with Crippen LogP contribution in [0.2, 0.25) is 0 Å². The maximum Gasteiger partial charge on any atom is 0.225 e. The summed E-state index contributed by atoms with van der Waals surface area (Å²) in [4.78, 5) is 14.1. The van der Waals surface area contributed by atoms with Gasteiger partial charge in [-0.05, 0) is 43.4 Å². The minimum Gasteiger partial charge on any atom is -0.372 e. The van der Waals surface area contributed by atoms with Gasteiger partial charge in [0.25, 0.3) is 0 Å². The maximum absolute atomic E-state index is 12.1. The van der Waals surface area contributed by atoms with Gasteiger partial charge < -0.3 is 9.64 Å². The Balaban J connectivity index is 1.49. The number of ether oxygens (including phenoxy) is 1. The number of hydrogen-bond donors (Lipinski definition) is 0. The van der Waals surface area contributed by atoms with E-state index in [1.54, 1.807) is 0 Å². The van der Waals surface area contributed by atoms with E-state index in [0.29, 0.717) is 18.4 Å². The third-order valence-corrected chi connectivity index (χ3v) is 4.54. The zero-order chi connectivity index (χ0) is 13.9. The van der Waals surface area contributed by atoms with Crippen molar-refractivity contribution in [1.82, 2.24) is 4.90 Å². The molecule has 1 saturated carbocycles. The normalized spacial score (nSPS) is 22.9. The molecule has 108 valence electrons. The number of piperidine rings is 1. The Morgan fingerprint density at radius 1 is 1.25 bits per heavy atom. The summed E-state index contributed by atoms with van der Waals surface area (Å²) >= 11 is 3.43. The van der Waals surface area contributed by atoms with E-state index in [1.165, 1.54) is 5.56 Å². The lowest BCUT2D eigenvalue weighted by Gasteiger charge is -2.32. The number of benzene rings is 1. The first-order valence-electron chi connectivity index (χ1n) is 7.37. The first kappa shape index (κ1) is 14.1. The predicted octanol–water partition coefficient (Wildman–Crippen LogP) is 3.37. The molecule has 4 heteroatoms. The maximum atomic E-state index is 12.1. The SMILES string of the molecule is O=C(C1CC1)N1CCCC(OCc2ccc(Br)cc2)C1. The molecule has 1 aliphatic carbocycles. The molecule has 0 N–H and O–H groups in total. The fraction of sp³-hybridized carbons (Fsp3) is 0.562. The van der Waals surface area contributed by atoms with E-state index in [0.717, 1.165) is 43.2 Å². The predicted molar refractivity (Wildman–Crippen MR) is 81.3 cm³/mol. The molecule has 1 aliphatic heterocycles. The van der Waals surface area contributed by atoms with Crippen LogP contribution in [0.25, 0.3) is 0 Å². The minimum atomic E-state index is 0.190. The van der Waals surface area contributed by atoms with Gasteiger partial charge in [0.05, 0.1) is 12.7 Å². The lowest BCUT2D eigenvalue weighted by Crippen LogP contribution is -2.43. The Labute approximate surface area is 128 Å². The van der Waals surface area contributed by atoms with Gasteiger partial charge in [-0.1, -0.05) is 28.1 Å². The fourth-order valence-electron chi connectivity index (χ4n) is 2.66. The second kappa shape index (κ2) is 6.27. The van der Waals surface area contributed by atoms with Crippen LogP contribution < -0.4 is 0 Å². The van der Waals surface area contributed by atoms with E-state index in [9.17, 15) is 4.79 Å². The van der Waals surface area contributed by atoms with E-state index < -0.39 is 0 Å². The van der Waals surface area contributed by atoms with Gasteiger partial charge in [0, 0.05) is 23.5 Å². The van der Waals surface area contributed by atoms with Crippen LogP contribution in [-0.2, 0) is 16.1 Å². The highest BCUT2D eigenvalue weighted by Crippen LogP contribution is 2.32. The largest absolute Gasteiger partial charge is 0.372 e. The summed E-state index contributed by atoms with van der Waals surface area (Å²) in [5, 5.41) is 0. The van der Waals surface area contributed by atoms with Gasteiger partial charge >= 0.3 is 0 Å². The van der Waals surface area contributed by atoms with Crippen LogP contribution in [0.1, 0.15) is 31.2 Å². The zero-order valence-corrected chi connectivity index (χ0v) is 13.1. The fourth-order valence-corrected chi connectivity index (χ4v) is 2.92. The van der Waals surface area contributed by atoms with Crippen LogP contribution in [0, 0.1) is 5.92 Å². The topological polar surface area (TPSA) is 29.5 Å². The zero-order valence-electron chi connectivity index (χ0n) is 11.6. The Kier molecular flexibility index (Phi) is 4.41. The van der Waals surface area contributed by atoms with Gasteiger partial charge in [-0.2, -0.15) is 0 Å². The van der Waals surface area contributed by atoms with Crippen molar-refractivity contribution in [3.05, 3.63) is 34.3 Å². The van der Waals surface area contributed by atoms with Crippen LogP contribution in [0.5, 0.6) is 0 Å². The standard InChI is InChI=1S/C16H20BrNO2/c17-14-7-3-12(4-8-14)11-20-15-2-1-9-18(10-15)16(19)13-5-6-13/h3-4,7-8,13,15H,1-2,5-6,9-11H2. The molecule has 1 atom stereocenters. The Bertz CT molecular complexity index is 470. The molecule has 0 spiro atoms. The minimum absolute atomic E-state index is 0.190. The summed E-state index contributed by atoms with van der Waals surface area (Å²) in [6.45, 7) is 2.31. The van der Waals surface area contributed by atoms with Crippen LogP contribution in [0.4, 0.5) is 0 Å². The summed E-state index contributed by atoms with van der Waals surface area (Å²) in [6, 6.07) is 8.20. The summed E-state index contributed by atoms with van der Waals surface area (Å²) in [5.41, 5.74) is 1.18. The van der Waals surface area contributed by atoms with Crippen LogP contribution in [0.3, 0.4) is 0 Å². The van der Waals surface area contributed by atoms with Crippen LogP contribution in [-0.4, -0.2) is 30.0 Å². The van der Waals surface area contributed by atoms with Gasteiger partial charge in [-0.15, -0.1) is 0 Å². The van der Waals surface area contributed by atoms with Crippen LogP contribution >= 0.6 is 15.9 Å². The second-order valence-corrected chi connectivity index (χ2v) is 6.68. The Morgan fingerprint density at radius 3 is 2.70 bits per heavy atom. The van der Waals surface area contributed by atoms with Gasteiger partial charge in [-0.3, -0.25) is 4.79 Å². The Morgan fingerprint density at radius 2 is 2.00 bits per heavy atom. The number of carbonyl (C=O) groups excluding carboxylic acids is 1. The molecule has 20 heavy (non-hydrogen) atoms. The molecule has 0 radical (unpaired) electrons. The molecule has 1 aromatic rings. The van der Waals surface area contributed by atoms with E-state index in [-0.39, 0.29) is 6.10 Å². The van der Waals surface area contributed by atoms with Gasteiger partial charge in [-0.25, -0.2) is 0 Å². The van der Waals surface area contributed by atoms with Gasteiger partial charge in [0.15, 0.2) is 0 Å². The summed E-state index contributed by atoms with van der Waals surface area (Å²) in [5.74, 6) is 0.669. The molecule has 1 heterocycles. The molecule has 1 unspecified atom stereocenters. The third kappa shape index (κ3) is 3.61. The number of amides is 1. The molecule has 0 bridgehead atoms. The molecule has 3 rings (SSSR count). The molecule has 1 amide bonds. The van der Waals surface area contributed by atoms with E-state index in [1.807, 2.05) is 17.0 Å². The number of rotatable bonds is 4. The first-order valence-corrected chi connectivity index (χ1v) is 8.16. The molecular weight excluding hydrogens is 318 g/mol. The molecule has 2 fully saturated rings. The highest BCUT2D eigenvalue weighted by atomic mass is 79.9.